The van der Waals surface area contributed by atoms with Crippen molar-refractivity contribution in [3.05, 3.63) is 34.1 Å². The summed E-state index contributed by atoms with van der Waals surface area (Å²) in [7, 11) is 0. The van der Waals surface area contributed by atoms with Crippen LogP contribution in [-0.2, 0) is 4.74 Å². The second-order valence-corrected chi connectivity index (χ2v) is 3.63. The van der Waals surface area contributed by atoms with Gasteiger partial charge in [0.05, 0.1) is 18.3 Å². The summed E-state index contributed by atoms with van der Waals surface area (Å²) in [5.74, 6) is -1.60. The van der Waals surface area contributed by atoms with Crippen molar-refractivity contribution >= 4 is 17.6 Å². The zero-order valence-corrected chi connectivity index (χ0v) is 9.71. The number of carbonyl (C=O) groups is 1. The van der Waals surface area contributed by atoms with E-state index in [-0.39, 0.29) is 22.8 Å². The number of esters is 1. The molecule has 5 heteroatoms. The van der Waals surface area contributed by atoms with Gasteiger partial charge in [0.1, 0.15) is 5.82 Å². The molecule has 1 aromatic carbocycles. The van der Waals surface area contributed by atoms with E-state index in [0.29, 0.717) is 0 Å². The number of aliphatic hydroxyl groups excluding tert-OH is 1. The molecule has 0 amide bonds. The predicted octanol–water partition coefficient (Wildman–Crippen LogP) is 2.71. The fraction of sp³-hybridized carbons (Fsp3) is 0.364. The molecule has 1 unspecified atom stereocenters. The van der Waals surface area contributed by atoms with Crippen LogP contribution < -0.4 is 0 Å². The molecule has 1 aromatic rings. The Morgan fingerprint density at radius 3 is 2.75 bits per heavy atom. The SMILES string of the molecule is CCOC(=O)c1ccc(Cl)c(C(C)O)c1F. The molecular weight excluding hydrogens is 235 g/mol. The molecule has 1 N–H and O–H groups in total. The normalized spacial score (nSPS) is 12.3. The van der Waals surface area contributed by atoms with Crippen LogP contribution in [0.25, 0.3) is 0 Å². The highest BCUT2D eigenvalue weighted by molar-refractivity contribution is 6.31. The Kier molecular flexibility index (Phi) is 4.26. The zero-order valence-electron chi connectivity index (χ0n) is 8.96. The molecule has 16 heavy (non-hydrogen) atoms. The molecule has 0 heterocycles. The van der Waals surface area contributed by atoms with Gasteiger partial charge in [-0.2, -0.15) is 0 Å². The summed E-state index contributed by atoms with van der Waals surface area (Å²) in [6.07, 6.45) is -1.08. The minimum absolute atomic E-state index is 0.0838. The number of hydrogen-bond acceptors (Lipinski definition) is 3. The quantitative estimate of drug-likeness (QED) is 0.834. The van der Waals surface area contributed by atoms with Gasteiger partial charge in [0.25, 0.3) is 0 Å². The van der Waals surface area contributed by atoms with E-state index in [0.717, 1.165) is 0 Å². The Bertz CT molecular complexity index is 404. The smallest absolute Gasteiger partial charge is 0.341 e. The topological polar surface area (TPSA) is 46.5 Å². The predicted molar refractivity (Wildman–Crippen MR) is 58.0 cm³/mol. The molecule has 1 rings (SSSR count). The zero-order chi connectivity index (χ0) is 12.3. The molecule has 1 atom stereocenters. The molecule has 0 radical (unpaired) electrons. The van der Waals surface area contributed by atoms with Gasteiger partial charge in [-0.3, -0.25) is 0 Å². The first kappa shape index (κ1) is 12.9. The number of benzene rings is 1. The molecular formula is C11H12ClFO3. The summed E-state index contributed by atoms with van der Waals surface area (Å²) in [4.78, 5) is 11.4. The van der Waals surface area contributed by atoms with Crippen LogP contribution in [0.2, 0.25) is 5.02 Å². The molecule has 0 fully saturated rings. The average Bonchev–Trinajstić information content (AvgIpc) is 2.17. The second-order valence-electron chi connectivity index (χ2n) is 3.22. The highest BCUT2D eigenvalue weighted by atomic mass is 35.5. The highest BCUT2D eigenvalue weighted by Gasteiger charge is 2.21. The van der Waals surface area contributed by atoms with E-state index in [2.05, 4.69) is 4.74 Å². The third kappa shape index (κ3) is 2.51. The summed E-state index contributed by atoms with van der Waals surface area (Å²) in [5.41, 5.74) is -0.311. The van der Waals surface area contributed by atoms with Crippen molar-refractivity contribution in [2.75, 3.05) is 6.61 Å². The van der Waals surface area contributed by atoms with Gasteiger partial charge in [-0.1, -0.05) is 11.6 Å². The maximum Gasteiger partial charge on any atom is 0.341 e. The molecule has 0 aliphatic rings. The standard InChI is InChI=1S/C11H12ClFO3/c1-3-16-11(15)7-4-5-8(12)9(6(2)14)10(7)13/h4-6,14H,3H2,1-2H3. The minimum atomic E-state index is -1.08. The number of ether oxygens (including phenoxy) is 1. The molecule has 0 saturated carbocycles. The van der Waals surface area contributed by atoms with Crippen LogP contribution in [0.4, 0.5) is 4.39 Å². The summed E-state index contributed by atoms with van der Waals surface area (Å²) in [6, 6.07) is 2.60. The Hall–Kier alpha value is -1.13. The summed E-state index contributed by atoms with van der Waals surface area (Å²) in [6.45, 7) is 3.16. The van der Waals surface area contributed by atoms with Crippen molar-refractivity contribution in [2.24, 2.45) is 0 Å². The molecule has 0 bridgehead atoms. The van der Waals surface area contributed by atoms with Crippen molar-refractivity contribution in [3.8, 4) is 0 Å². The fourth-order valence-electron chi connectivity index (χ4n) is 1.32. The lowest BCUT2D eigenvalue weighted by atomic mass is 10.1. The van der Waals surface area contributed by atoms with Gasteiger partial charge < -0.3 is 9.84 Å². The van der Waals surface area contributed by atoms with Gasteiger partial charge in [0, 0.05) is 10.6 Å². The van der Waals surface area contributed by atoms with Crippen LogP contribution in [0, 0.1) is 5.82 Å². The van der Waals surface area contributed by atoms with Crippen LogP contribution >= 0.6 is 11.6 Å². The van der Waals surface area contributed by atoms with Gasteiger partial charge in [-0.15, -0.1) is 0 Å². The number of aliphatic hydroxyl groups is 1. The lowest BCUT2D eigenvalue weighted by molar-refractivity contribution is 0.0520. The van der Waals surface area contributed by atoms with E-state index in [1.807, 2.05) is 0 Å². The Morgan fingerprint density at radius 2 is 2.25 bits per heavy atom. The molecule has 0 saturated heterocycles. The molecule has 0 spiro atoms. The van der Waals surface area contributed by atoms with Crippen molar-refractivity contribution in [3.63, 3.8) is 0 Å². The van der Waals surface area contributed by atoms with Crippen LogP contribution in [0.1, 0.15) is 35.9 Å². The van der Waals surface area contributed by atoms with Crippen molar-refractivity contribution in [1.82, 2.24) is 0 Å². The average molecular weight is 247 g/mol. The van der Waals surface area contributed by atoms with Crippen LogP contribution in [-0.4, -0.2) is 17.7 Å². The van der Waals surface area contributed by atoms with E-state index in [1.165, 1.54) is 19.1 Å². The van der Waals surface area contributed by atoms with Gasteiger partial charge in [0.2, 0.25) is 0 Å². The van der Waals surface area contributed by atoms with E-state index < -0.39 is 17.9 Å². The van der Waals surface area contributed by atoms with Gasteiger partial charge in [-0.05, 0) is 26.0 Å². The van der Waals surface area contributed by atoms with Crippen molar-refractivity contribution in [2.45, 2.75) is 20.0 Å². The summed E-state index contributed by atoms with van der Waals surface area (Å²) >= 11 is 5.73. The van der Waals surface area contributed by atoms with E-state index in [4.69, 9.17) is 11.6 Å². The van der Waals surface area contributed by atoms with E-state index in [9.17, 15) is 14.3 Å². The second kappa shape index (κ2) is 5.27. The first-order valence-corrected chi connectivity index (χ1v) is 5.19. The third-order valence-corrected chi connectivity index (χ3v) is 2.37. The Morgan fingerprint density at radius 1 is 1.62 bits per heavy atom. The van der Waals surface area contributed by atoms with E-state index >= 15 is 0 Å². The van der Waals surface area contributed by atoms with Crippen LogP contribution in [0.3, 0.4) is 0 Å². The largest absolute Gasteiger partial charge is 0.462 e. The first-order chi connectivity index (χ1) is 7.49. The fourth-order valence-corrected chi connectivity index (χ4v) is 1.62. The van der Waals surface area contributed by atoms with Crippen molar-refractivity contribution in [1.29, 1.82) is 0 Å². The lowest BCUT2D eigenvalue weighted by Crippen LogP contribution is -2.10. The highest BCUT2D eigenvalue weighted by Crippen LogP contribution is 2.28. The van der Waals surface area contributed by atoms with Gasteiger partial charge >= 0.3 is 5.97 Å². The maximum atomic E-state index is 13.8. The first-order valence-electron chi connectivity index (χ1n) is 4.82. The lowest BCUT2D eigenvalue weighted by Gasteiger charge is -2.11. The molecule has 0 aromatic heterocycles. The van der Waals surface area contributed by atoms with Crippen LogP contribution in [0.5, 0.6) is 0 Å². The summed E-state index contributed by atoms with van der Waals surface area (Å²) < 4.78 is 18.5. The monoisotopic (exact) mass is 246 g/mol. The molecule has 0 aliphatic carbocycles. The molecule has 3 nitrogen and oxygen atoms in total. The summed E-state index contributed by atoms with van der Waals surface area (Å²) in [5, 5.41) is 9.43. The molecule has 88 valence electrons. The Balaban J connectivity index is 3.23. The minimum Gasteiger partial charge on any atom is -0.462 e. The molecule has 0 aliphatic heterocycles. The van der Waals surface area contributed by atoms with Crippen LogP contribution in [0.15, 0.2) is 12.1 Å². The number of rotatable bonds is 3. The third-order valence-electron chi connectivity index (χ3n) is 2.04. The van der Waals surface area contributed by atoms with E-state index in [1.54, 1.807) is 6.92 Å². The van der Waals surface area contributed by atoms with Gasteiger partial charge in [-0.25, -0.2) is 9.18 Å². The maximum absolute atomic E-state index is 13.8. The number of halogens is 2. The number of hydrogen-bond donors (Lipinski definition) is 1. The Labute approximate surface area is 97.8 Å². The van der Waals surface area contributed by atoms with Gasteiger partial charge in [0.15, 0.2) is 0 Å². The van der Waals surface area contributed by atoms with Crippen molar-refractivity contribution < 1.29 is 19.0 Å². The number of carbonyl (C=O) groups excluding carboxylic acids is 1.